The molecule has 0 fully saturated rings. The van der Waals surface area contributed by atoms with E-state index in [1.807, 2.05) is 18.2 Å². The fourth-order valence-electron chi connectivity index (χ4n) is 3.02. The number of hydrogen-bond acceptors (Lipinski definition) is 6. The van der Waals surface area contributed by atoms with E-state index in [2.05, 4.69) is 10.0 Å². The molecule has 0 saturated carbocycles. The number of amides is 1. The molecule has 9 heteroatoms. The van der Waals surface area contributed by atoms with Crippen molar-refractivity contribution in [1.29, 1.82) is 0 Å². The molecular weight excluding hydrogens is 444 g/mol. The molecule has 0 saturated heterocycles. The van der Waals surface area contributed by atoms with E-state index in [1.165, 1.54) is 24.5 Å². The zero-order valence-corrected chi connectivity index (χ0v) is 19.2. The van der Waals surface area contributed by atoms with Gasteiger partial charge in [-0.05, 0) is 60.0 Å². The van der Waals surface area contributed by atoms with Crippen LogP contribution in [0, 0.1) is 0 Å². The molecule has 8 nitrogen and oxygen atoms in total. The Hall–Kier alpha value is -3.56. The number of carbonyl (C=O) groups excluding carboxylic acids is 1. The fourth-order valence-corrected chi connectivity index (χ4v) is 4.01. The highest BCUT2D eigenvalue weighted by Crippen LogP contribution is 2.27. The van der Waals surface area contributed by atoms with E-state index in [9.17, 15) is 13.2 Å². The van der Waals surface area contributed by atoms with Gasteiger partial charge >= 0.3 is 0 Å². The van der Waals surface area contributed by atoms with Gasteiger partial charge in [0.05, 0.1) is 31.9 Å². The van der Waals surface area contributed by atoms with Crippen LogP contribution in [0.4, 0.5) is 0 Å². The summed E-state index contributed by atoms with van der Waals surface area (Å²) >= 11 is 0. The van der Waals surface area contributed by atoms with E-state index in [0.29, 0.717) is 35.8 Å². The van der Waals surface area contributed by atoms with Crippen LogP contribution in [0.25, 0.3) is 6.08 Å². The molecule has 33 heavy (non-hydrogen) atoms. The monoisotopic (exact) mass is 470 g/mol. The summed E-state index contributed by atoms with van der Waals surface area (Å²) in [6, 6.07) is 15.2. The van der Waals surface area contributed by atoms with Gasteiger partial charge in [0.15, 0.2) is 11.5 Å². The lowest BCUT2D eigenvalue weighted by atomic mass is 10.1. The van der Waals surface area contributed by atoms with Gasteiger partial charge in [0.2, 0.25) is 15.9 Å². The summed E-state index contributed by atoms with van der Waals surface area (Å²) in [5, 5.41) is 2.82. The molecule has 0 aliphatic heterocycles. The van der Waals surface area contributed by atoms with Gasteiger partial charge in [0.1, 0.15) is 5.76 Å². The maximum Gasteiger partial charge on any atom is 0.244 e. The van der Waals surface area contributed by atoms with Gasteiger partial charge in [-0.1, -0.05) is 18.2 Å². The molecular formula is C24H26N2O6S. The lowest BCUT2D eigenvalue weighted by Crippen LogP contribution is -2.23. The van der Waals surface area contributed by atoms with Crippen LogP contribution in [-0.2, 0) is 27.8 Å². The number of sulfonamides is 1. The van der Waals surface area contributed by atoms with Crippen molar-refractivity contribution >= 4 is 22.0 Å². The Bertz CT molecular complexity index is 1190. The average molecular weight is 471 g/mol. The second-order valence-corrected chi connectivity index (χ2v) is 8.80. The molecule has 2 N–H and O–H groups in total. The van der Waals surface area contributed by atoms with Crippen LogP contribution in [0.3, 0.4) is 0 Å². The van der Waals surface area contributed by atoms with Crippen LogP contribution in [0.2, 0.25) is 0 Å². The molecule has 2 aromatic carbocycles. The second-order valence-electron chi connectivity index (χ2n) is 7.04. The number of methoxy groups -OCH3 is 2. The molecule has 0 bridgehead atoms. The first-order chi connectivity index (χ1) is 15.9. The van der Waals surface area contributed by atoms with Gasteiger partial charge in [-0.2, -0.15) is 0 Å². The van der Waals surface area contributed by atoms with Crippen LogP contribution in [0.5, 0.6) is 11.5 Å². The van der Waals surface area contributed by atoms with Crippen molar-refractivity contribution in [3.8, 4) is 11.5 Å². The third kappa shape index (κ3) is 6.96. The minimum Gasteiger partial charge on any atom is -0.493 e. The molecule has 0 spiro atoms. The van der Waals surface area contributed by atoms with E-state index in [0.717, 1.165) is 5.56 Å². The zero-order valence-electron chi connectivity index (χ0n) is 18.4. The largest absolute Gasteiger partial charge is 0.493 e. The Morgan fingerprint density at radius 3 is 2.45 bits per heavy atom. The van der Waals surface area contributed by atoms with Gasteiger partial charge in [-0.25, -0.2) is 13.1 Å². The van der Waals surface area contributed by atoms with Crippen molar-refractivity contribution in [1.82, 2.24) is 10.0 Å². The number of furan rings is 1. The Kier molecular flexibility index (Phi) is 8.28. The number of carbonyl (C=O) groups is 1. The zero-order chi connectivity index (χ0) is 23.7. The van der Waals surface area contributed by atoms with Crippen molar-refractivity contribution in [2.75, 3.05) is 20.8 Å². The first-order valence-electron chi connectivity index (χ1n) is 10.2. The van der Waals surface area contributed by atoms with E-state index in [1.54, 1.807) is 44.6 Å². The Morgan fingerprint density at radius 2 is 1.79 bits per heavy atom. The summed E-state index contributed by atoms with van der Waals surface area (Å²) < 4.78 is 42.8. The highest BCUT2D eigenvalue weighted by molar-refractivity contribution is 7.89. The van der Waals surface area contributed by atoms with E-state index >= 15 is 0 Å². The smallest absolute Gasteiger partial charge is 0.244 e. The Labute approximate surface area is 193 Å². The number of benzene rings is 2. The molecule has 0 aliphatic rings. The highest BCUT2D eigenvalue weighted by atomic mass is 32.2. The molecule has 1 aromatic heterocycles. The van der Waals surface area contributed by atoms with Crippen LogP contribution in [-0.4, -0.2) is 35.1 Å². The van der Waals surface area contributed by atoms with E-state index in [-0.39, 0.29) is 17.3 Å². The summed E-state index contributed by atoms with van der Waals surface area (Å²) in [4.78, 5) is 12.2. The molecule has 0 aliphatic carbocycles. The Balaban J connectivity index is 1.48. The van der Waals surface area contributed by atoms with Gasteiger partial charge < -0.3 is 19.2 Å². The minimum absolute atomic E-state index is 0.0699. The van der Waals surface area contributed by atoms with E-state index in [4.69, 9.17) is 13.9 Å². The van der Waals surface area contributed by atoms with Crippen LogP contribution in [0.1, 0.15) is 16.9 Å². The van der Waals surface area contributed by atoms with Crippen molar-refractivity contribution in [3.63, 3.8) is 0 Å². The Morgan fingerprint density at radius 1 is 1.03 bits per heavy atom. The molecule has 1 heterocycles. The highest BCUT2D eigenvalue weighted by Gasteiger charge is 2.14. The predicted octanol–water partition coefficient (Wildman–Crippen LogP) is 3.15. The van der Waals surface area contributed by atoms with Gasteiger partial charge in [-0.3, -0.25) is 4.79 Å². The second kappa shape index (κ2) is 11.3. The molecule has 0 radical (unpaired) electrons. The number of hydrogen-bond donors (Lipinski definition) is 2. The third-order valence-corrected chi connectivity index (χ3v) is 6.21. The lowest BCUT2D eigenvalue weighted by Gasteiger charge is -2.09. The van der Waals surface area contributed by atoms with Crippen molar-refractivity contribution in [3.05, 3.63) is 83.8 Å². The maximum atomic E-state index is 12.4. The van der Waals surface area contributed by atoms with Gasteiger partial charge in [-0.15, -0.1) is 0 Å². The quantitative estimate of drug-likeness (QED) is 0.417. The molecule has 3 rings (SSSR count). The minimum atomic E-state index is -3.66. The normalized spacial score (nSPS) is 11.5. The lowest BCUT2D eigenvalue weighted by molar-refractivity contribution is -0.116. The SMILES string of the molecule is COc1ccc(CCNC(=O)C=Cc2ccc(S(=O)(=O)NCc3ccco3)cc2)cc1OC. The summed E-state index contributed by atoms with van der Waals surface area (Å²) in [5.41, 5.74) is 1.71. The third-order valence-electron chi connectivity index (χ3n) is 4.79. The molecule has 1 amide bonds. The molecule has 174 valence electrons. The summed E-state index contributed by atoms with van der Waals surface area (Å²) in [5.74, 6) is 1.57. The van der Waals surface area contributed by atoms with Crippen molar-refractivity contribution < 1.29 is 27.1 Å². The van der Waals surface area contributed by atoms with E-state index < -0.39 is 10.0 Å². The summed E-state index contributed by atoms with van der Waals surface area (Å²) in [6.45, 7) is 0.525. The topological polar surface area (TPSA) is 107 Å². The van der Waals surface area contributed by atoms with Crippen LogP contribution >= 0.6 is 0 Å². The first kappa shape index (κ1) is 24.1. The fraction of sp³-hybridized carbons (Fsp3) is 0.208. The average Bonchev–Trinajstić information content (AvgIpc) is 3.35. The van der Waals surface area contributed by atoms with Gasteiger partial charge in [0.25, 0.3) is 0 Å². The predicted molar refractivity (Wildman–Crippen MR) is 124 cm³/mol. The molecule has 0 atom stereocenters. The summed E-state index contributed by atoms with van der Waals surface area (Å²) in [7, 11) is -0.506. The van der Waals surface area contributed by atoms with Gasteiger partial charge in [0, 0.05) is 12.6 Å². The molecule has 3 aromatic rings. The first-order valence-corrected chi connectivity index (χ1v) is 11.7. The summed E-state index contributed by atoms with van der Waals surface area (Å²) in [6.07, 6.45) is 5.15. The molecule has 0 unspecified atom stereocenters. The maximum absolute atomic E-state index is 12.4. The van der Waals surface area contributed by atoms with Crippen LogP contribution in [0.15, 0.2) is 76.2 Å². The standard InChI is InChI=1S/C24H26N2O6S/c1-30-22-11-7-19(16-23(22)31-2)13-14-25-24(27)12-8-18-5-9-21(10-6-18)33(28,29)26-17-20-4-3-15-32-20/h3-12,15-16,26H,13-14,17H2,1-2H3,(H,25,27). The number of nitrogens with one attached hydrogen (secondary N) is 2. The number of ether oxygens (including phenoxy) is 2. The van der Waals surface area contributed by atoms with Crippen LogP contribution < -0.4 is 19.5 Å². The van der Waals surface area contributed by atoms with Crippen molar-refractivity contribution in [2.24, 2.45) is 0 Å². The number of rotatable bonds is 11. The van der Waals surface area contributed by atoms with Crippen molar-refractivity contribution in [2.45, 2.75) is 17.9 Å².